The molecule has 0 aliphatic carbocycles. The monoisotopic (exact) mass is 459 g/mol. The van der Waals surface area contributed by atoms with Gasteiger partial charge in [-0.2, -0.15) is 9.78 Å². The third-order valence-electron chi connectivity index (χ3n) is 5.70. The molecule has 5 rings (SSSR count). The summed E-state index contributed by atoms with van der Waals surface area (Å²) in [6, 6.07) is 19.6. The van der Waals surface area contributed by atoms with Gasteiger partial charge in [-0.3, -0.25) is 9.59 Å². The Morgan fingerprint density at radius 3 is 2.59 bits per heavy atom. The average Bonchev–Trinajstić information content (AvgIpc) is 2.89. The lowest BCUT2D eigenvalue weighted by molar-refractivity contribution is -0.186. The van der Waals surface area contributed by atoms with Crippen molar-refractivity contribution in [2.24, 2.45) is 0 Å². The van der Waals surface area contributed by atoms with Crippen LogP contribution in [0.2, 0.25) is 0 Å². The second-order valence-electron chi connectivity index (χ2n) is 8.01. The fourth-order valence-corrected chi connectivity index (χ4v) is 3.95. The van der Waals surface area contributed by atoms with Crippen LogP contribution in [0.4, 0.5) is 4.39 Å². The maximum Gasteiger partial charge on any atom is 0.279 e. The molecule has 8 heteroatoms. The summed E-state index contributed by atoms with van der Waals surface area (Å²) in [7, 11) is 0. The lowest BCUT2D eigenvalue weighted by Crippen LogP contribution is -2.33. The van der Waals surface area contributed by atoms with Gasteiger partial charge < -0.3 is 4.74 Å². The Labute approximate surface area is 194 Å². The summed E-state index contributed by atoms with van der Waals surface area (Å²) in [6.07, 6.45) is 2.24. The number of fused-ring (bicyclic) bond motifs is 1. The van der Waals surface area contributed by atoms with Crippen molar-refractivity contribution in [3.8, 4) is 16.9 Å². The molecule has 1 fully saturated rings. The van der Waals surface area contributed by atoms with Crippen molar-refractivity contribution in [3.05, 3.63) is 94.5 Å². The number of ether oxygens (including phenoxy) is 1. The molecule has 1 unspecified atom stereocenters. The first kappa shape index (κ1) is 21.9. The van der Waals surface area contributed by atoms with Crippen molar-refractivity contribution in [1.82, 2.24) is 15.3 Å². The Balaban J connectivity index is 1.52. The van der Waals surface area contributed by atoms with Crippen LogP contribution in [0, 0.1) is 5.82 Å². The highest BCUT2D eigenvalue weighted by atomic mass is 19.1. The van der Waals surface area contributed by atoms with Gasteiger partial charge in [-0.05, 0) is 55.3 Å². The molecule has 1 amide bonds. The SMILES string of the molecule is O=C(NOC1CCCCO1)c1cccc(-c2nn(-c3ccc(F)cc3)c(=O)c3ccccc23)c1. The van der Waals surface area contributed by atoms with Crippen LogP contribution in [0.3, 0.4) is 0 Å². The number of aromatic nitrogens is 2. The molecule has 2 heterocycles. The minimum Gasteiger partial charge on any atom is -0.350 e. The standard InChI is InChI=1S/C26H22FN3O4/c27-19-11-13-20(14-12-19)30-26(32)22-9-2-1-8-21(22)24(28-30)17-6-5-7-18(16-17)25(31)29-34-23-10-3-4-15-33-23/h1-2,5-9,11-14,16,23H,3-4,10,15H2,(H,29,31). The third kappa shape index (κ3) is 4.46. The van der Waals surface area contributed by atoms with E-state index in [2.05, 4.69) is 10.6 Å². The molecule has 3 aromatic carbocycles. The summed E-state index contributed by atoms with van der Waals surface area (Å²) in [6.45, 7) is 0.610. The zero-order chi connectivity index (χ0) is 23.5. The largest absolute Gasteiger partial charge is 0.350 e. The maximum atomic E-state index is 13.4. The minimum atomic E-state index is -0.453. The van der Waals surface area contributed by atoms with Crippen molar-refractivity contribution < 1.29 is 18.8 Å². The summed E-state index contributed by atoms with van der Waals surface area (Å²) in [5, 5.41) is 5.70. The first-order valence-corrected chi connectivity index (χ1v) is 11.1. The van der Waals surface area contributed by atoms with Crippen LogP contribution in [0.15, 0.2) is 77.6 Å². The summed E-state index contributed by atoms with van der Waals surface area (Å²) in [4.78, 5) is 31.2. The molecular formula is C26H22FN3O4. The molecule has 0 spiro atoms. The molecule has 1 atom stereocenters. The van der Waals surface area contributed by atoms with E-state index in [9.17, 15) is 14.0 Å². The van der Waals surface area contributed by atoms with Crippen LogP contribution < -0.4 is 11.0 Å². The van der Waals surface area contributed by atoms with E-state index >= 15 is 0 Å². The fraction of sp³-hybridized carbons (Fsp3) is 0.192. The molecule has 0 radical (unpaired) electrons. The molecule has 4 aromatic rings. The molecule has 1 aliphatic heterocycles. The molecular weight excluding hydrogens is 437 g/mol. The Morgan fingerprint density at radius 1 is 1.03 bits per heavy atom. The number of carbonyl (C=O) groups is 1. The molecule has 1 aromatic heterocycles. The maximum absolute atomic E-state index is 13.4. The molecule has 7 nitrogen and oxygen atoms in total. The van der Waals surface area contributed by atoms with Crippen LogP contribution in [-0.2, 0) is 9.57 Å². The summed E-state index contributed by atoms with van der Waals surface area (Å²) in [5.74, 6) is -0.815. The number of hydroxylamine groups is 1. The lowest BCUT2D eigenvalue weighted by Gasteiger charge is -2.22. The van der Waals surface area contributed by atoms with Gasteiger partial charge in [0.15, 0.2) is 6.29 Å². The number of nitrogens with zero attached hydrogens (tertiary/aromatic N) is 2. The number of nitrogens with one attached hydrogen (secondary N) is 1. The van der Waals surface area contributed by atoms with Gasteiger partial charge in [0.25, 0.3) is 11.5 Å². The molecule has 1 aliphatic rings. The number of benzene rings is 3. The molecule has 1 N–H and O–H groups in total. The number of hydrogen-bond donors (Lipinski definition) is 1. The number of rotatable bonds is 5. The number of amides is 1. The van der Waals surface area contributed by atoms with E-state index < -0.39 is 18.0 Å². The first-order chi connectivity index (χ1) is 16.6. The highest BCUT2D eigenvalue weighted by Gasteiger charge is 2.18. The van der Waals surface area contributed by atoms with Gasteiger partial charge >= 0.3 is 0 Å². The quantitative estimate of drug-likeness (QED) is 0.448. The Bertz CT molecular complexity index is 1400. The van der Waals surface area contributed by atoms with Crippen molar-refractivity contribution >= 4 is 16.7 Å². The third-order valence-corrected chi connectivity index (χ3v) is 5.70. The normalized spacial score (nSPS) is 15.9. The number of halogens is 1. The van der Waals surface area contributed by atoms with Crippen LogP contribution in [0.5, 0.6) is 0 Å². The molecule has 0 saturated carbocycles. The highest BCUT2D eigenvalue weighted by molar-refractivity contribution is 5.98. The van der Waals surface area contributed by atoms with E-state index in [-0.39, 0.29) is 5.56 Å². The van der Waals surface area contributed by atoms with Crippen LogP contribution in [0.1, 0.15) is 29.6 Å². The Hall–Kier alpha value is -3.88. The van der Waals surface area contributed by atoms with Gasteiger partial charge in [-0.25, -0.2) is 14.7 Å². The predicted octanol–water partition coefficient (Wildman–Crippen LogP) is 4.38. The Morgan fingerprint density at radius 2 is 1.82 bits per heavy atom. The Kier molecular flexibility index (Phi) is 6.16. The second-order valence-corrected chi connectivity index (χ2v) is 8.01. The van der Waals surface area contributed by atoms with E-state index in [0.717, 1.165) is 19.3 Å². The minimum absolute atomic E-state index is 0.319. The molecule has 172 valence electrons. The van der Waals surface area contributed by atoms with Crippen LogP contribution >= 0.6 is 0 Å². The summed E-state index contributed by atoms with van der Waals surface area (Å²) >= 11 is 0. The van der Waals surface area contributed by atoms with E-state index in [0.29, 0.717) is 39.9 Å². The summed E-state index contributed by atoms with van der Waals surface area (Å²) in [5.41, 5.74) is 4.12. The zero-order valence-electron chi connectivity index (χ0n) is 18.2. The van der Waals surface area contributed by atoms with E-state index in [1.165, 1.54) is 28.9 Å². The van der Waals surface area contributed by atoms with Crippen LogP contribution in [-0.4, -0.2) is 28.6 Å². The molecule has 1 saturated heterocycles. The van der Waals surface area contributed by atoms with Gasteiger partial charge in [-0.1, -0.05) is 30.3 Å². The number of hydrogen-bond acceptors (Lipinski definition) is 5. The second kappa shape index (κ2) is 9.54. The first-order valence-electron chi connectivity index (χ1n) is 11.1. The number of carbonyl (C=O) groups excluding carboxylic acids is 1. The zero-order valence-corrected chi connectivity index (χ0v) is 18.2. The van der Waals surface area contributed by atoms with Gasteiger partial charge in [0, 0.05) is 29.5 Å². The topological polar surface area (TPSA) is 82.4 Å². The smallest absolute Gasteiger partial charge is 0.279 e. The van der Waals surface area contributed by atoms with Crippen molar-refractivity contribution in [2.75, 3.05) is 6.61 Å². The van der Waals surface area contributed by atoms with E-state index in [1.54, 1.807) is 30.3 Å². The predicted molar refractivity (Wildman–Crippen MR) is 125 cm³/mol. The highest BCUT2D eigenvalue weighted by Crippen LogP contribution is 2.26. The van der Waals surface area contributed by atoms with Gasteiger partial charge in [0.05, 0.1) is 16.8 Å². The van der Waals surface area contributed by atoms with Crippen molar-refractivity contribution in [3.63, 3.8) is 0 Å². The van der Waals surface area contributed by atoms with Gasteiger partial charge in [0.2, 0.25) is 0 Å². The van der Waals surface area contributed by atoms with Crippen molar-refractivity contribution in [2.45, 2.75) is 25.6 Å². The van der Waals surface area contributed by atoms with Gasteiger partial charge in [0.1, 0.15) is 5.82 Å². The summed E-state index contributed by atoms with van der Waals surface area (Å²) < 4.78 is 20.2. The van der Waals surface area contributed by atoms with Crippen molar-refractivity contribution in [1.29, 1.82) is 0 Å². The van der Waals surface area contributed by atoms with Gasteiger partial charge in [-0.15, -0.1) is 0 Å². The van der Waals surface area contributed by atoms with Crippen LogP contribution in [0.25, 0.3) is 27.7 Å². The fourth-order valence-electron chi connectivity index (χ4n) is 3.95. The molecule has 34 heavy (non-hydrogen) atoms. The van der Waals surface area contributed by atoms with E-state index in [1.807, 2.05) is 18.2 Å². The lowest BCUT2D eigenvalue weighted by atomic mass is 10.0. The average molecular weight is 459 g/mol. The van der Waals surface area contributed by atoms with E-state index in [4.69, 9.17) is 9.57 Å². The molecule has 0 bridgehead atoms.